The highest BCUT2D eigenvalue weighted by Crippen LogP contribution is 2.33. The number of aryl methyl sites for hydroxylation is 1. The zero-order valence-corrected chi connectivity index (χ0v) is 31.5. The maximum atomic E-state index is 13.2. The number of nitrogens with one attached hydrogen (secondary N) is 1. The van der Waals surface area contributed by atoms with E-state index in [9.17, 15) is 27.9 Å². The molecule has 0 spiro atoms. The molecule has 278 valence electrons. The van der Waals surface area contributed by atoms with Crippen molar-refractivity contribution < 1.29 is 37.4 Å². The Morgan fingerprint density at radius 2 is 1.52 bits per heavy atom. The highest BCUT2D eigenvalue weighted by Gasteiger charge is 2.40. The first-order valence-electron chi connectivity index (χ1n) is 16.6. The summed E-state index contributed by atoms with van der Waals surface area (Å²) in [5.74, 6) is 0.0837. The molecule has 1 saturated carbocycles. The minimum Gasteiger partial charge on any atom is -0.465 e. The van der Waals surface area contributed by atoms with Crippen LogP contribution in [-0.2, 0) is 26.5 Å². The number of sulfonamides is 1. The second kappa shape index (κ2) is 14.6. The van der Waals surface area contributed by atoms with Gasteiger partial charge in [0.2, 0.25) is 5.95 Å². The van der Waals surface area contributed by atoms with E-state index in [0.717, 1.165) is 9.80 Å². The number of halogens is 1. The van der Waals surface area contributed by atoms with Gasteiger partial charge in [0.1, 0.15) is 16.1 Å². The monoisotopic (exact) mass is 755 g/mol. The van der Waals surface area contributed by atoms with Crippen molar-refractivity contribution in [3.05, 3.63) is 59.8 Å². The van der Waals surface area contributed by atoms with Gasteiger partial charge in [-0.15, -0.1) is 0 Å². The number of aromatic nitrogens is 4. The Labute approximate surface area is 306 Å². The van der Waals surface area contributed by atoms with Gasteiger partial charge in [0.25, 0.3) is 10.0 Å². The van der Waals surface area contributed by atoms with Crippen LogP contribution in [0.5, 0.6) is 0 Å². The molecule has 0 saturated heterocycles. The van der Waals surface area contributed by atoms with Crippen molar-refractivity contribution in [3.8, 4) is 11.3 Å². The van der Waals surface area contributed by atoms with E-state index in [2.05, 4.69) is 19.8 Å². The van der Waals surface area contributed by atoms with Gasteiger partial charge in [-0.25, -0.2) is 42.6 Å². The van der Waals surface area contributed by atoms with Crippen molar-refractivity contribution in [2.75, 3.05) is 9.62 Å². The van der Waals surface area contributed by atoms with Crippen LogP contribution in [0.3, 0.4) is 0 Å². The van der Waals surface area contributed by atoms with Crippen LogP contribution in [0.2, 0.25) is 5.02 Å². The van der Waals surface area contributed by atoms with E-state index < -0.39 is 51.6 Å². The minimum absolute atomic E-state index is 0.0101. The van der Waals surface area contributed by atoms with E-state index in [1.807, 2.05) is 0 Å². The van der Waals surface area contributed by atoms with Crippen molar-refractivity contribution in [1.82, 2.24) is 24.6 Å². The molecule has 2 N–H and O–H groups in total. The average Bonchev–Trinajstić information content (AvgIpc) is 3.38. The first-order valence-corrected chi connectivity index (χ1v) is 18.4. The first-order chi connectivity index (χ1) is 24.2. The number of ether oxygens (including phenoxy) is 2. The lowest BCUT2D eigenvalue weighted by Crippen LogP contribution is -2.52. The number of carbonyl (C=O) groups excluding carboxylic acids is 2. The summed E-state index contributed by atoms with van der Waals surface area (Å²) >= 11 is 6.10. The van der Waals surface area contributed by atoms with Gasteiger partial charge in [-0.05, 0) is 91.5 Å². The number of amides is 3. The summed E-state index contributed by atoms with van der Waals surface area (Å²) in [6.07, 6.45) is -0.0951. The molecule has 1 fully saturated rings. The molecule has 0 bridgehead atoms. The Balaban J connectivity index is 1.33. The molecule has 17 heteroatoms. The third-order valence-corrected chi connectivity index (χ3v) is 9.96. The fraction of sp³-hybridized carbons (Fsp3) is 0.429. The van der Waals surface area contributed by atoms with Gasteiger partial charge in [-0.2, -0.15) is 5.10 Å². The summed E-state index contributed by atoms with van der Waals surface area (Å²) in [7, 11) is -2.32. The maximum Gasteiger partial charge on any atom is 0.420 e. The predicted molar refractivity (Wildman–Crippen MR) is 195 cm³/mol. The number of hydrogen-bond acceptors (Lipinski definition) is 10. The molecule has 0 aliphatic heterocycles. The second-order valence-electron chi connectivity index (χ2n) is 14.5. The van der Waals surface area contributed by atoms with Crippen LogP contribution in [0.1, 0.15) is 67.2 Å². The smallest absolute Gasteiger partial charge is 0.420 e. The van der Waals surface area contributed by atoms with Crippen LogP contribution in [0.25, 0.3) is 22.2 Å². The molecule has 2 aromatic carbocycles. The molecule has 15 nitrogen and oxygen atoms in total. The van der Waals surface area contributed by atoms with E-state index in [1.54, 1.807) is 85.0 Å². The maximum absolute atomic E-state index is 13.2. The van der Waals surface area contributed by atoms with Crippen LogP contribution in [0, 0.1) is 0 Å². The molecule has 1 aliphatic rings. The molecule has 2 heterocycles. The van der Waals surface area contributed by atoms with Crippen LogP contribution in [-0.4, -0.2) is 79.7 Å². The molecule has 5 rings (SSSR count). The molecular formula is C35H42ClN7O8S. The van der Waals surface area contributed by atoms with Gasteiger partial charge in [-0.1, -0.05) is 29.8 Å². The molecule has 4 aromatic rings. The molecule has 2 aromatic heterocycles. The fourth-order valence-electron chi connectivity index (χ4n) is 5.92. The van der Waals surface area contributed by atoms with Gasteiger partial charge in [0.05, 0.1) is 16.2 Å². The second-order valence-corrected chi connectivity index (χ2v) is 16.5. The molecule has 52 heavy (non-hydrogen) atoms. The highest BCUT2D eigenvalue weighted by atomic mass is 35.5. The van der Waals surface area contributed by atoms with Gasteiger partial charge in [-0.3, -0.25) is 9.40 Å². The predicted octanol–water partition coefficient (Wildman–Crippen LogP) is 7.45. The van der Waals surface area contributed by atoms with Crippen molar-refractivity contribution in [1.29, 1.82) is 0 Å². The summed E-state index contributed by atoms with van der Waals surface area (Å²) < 4.78 is 40.9. The van der Waals surface area contributed by atoms with Gasteiger partial charge in [0, 0.05) is 42.3 Å². The number of fused-ring (bicyclic) bond motifs is 1. The molecular weight excluding hydrogens is 714 g/mol. The number of benzene rings is 2. The fourth-order valence-corrected chi connectivity index (χ4v) is 7.42. The van der Waals surface area contributed by atoms with Gasteiger partial charge >= 0.3 is 18.3 Å². The lowest BCUT2D eigenvalue weighted by Gasteiger charge is -2.38. The number of imide groups is 1. The standard InChI is InChI=1S/C35H42ClN7O8S/c1-34(2,3)50-32(46)43(33(47)51-35(4,5)6)24-15-13-23(14-16-24)42(31(44)45)30-37-20-22-18-21(12-17-26(22)38-30)27-19-29(39-41(27)7)40-52(48,49)28-11-9-8-10-25(28)36/h8-12,17-20,23-24H,13-16H2,1-7H3,(H,39,40)(H,44,45). The SMILES string of the molecule is Cn1nc(NS(=O)(=O)c2ccccc2Cl)cc1-c1ccc2nc(N(C(=O)O)C3CCC(N(C(=O)OC(C)(C)C)C(=O)OC(C)(C)C)CC3)ncc2c1. The number of carboxylic acid groups (broad SMARTS) is 1. The van der Waals surface area contributed by atoms with Crippen molar-refractivity contribution in [2.45, 2.75) is 95.4 Å². The van der Waals surface area contributed by atoms with Crippen LogP contribution in [0.15, 0.2) is 59.6 Å². The van der Waals surface area contributed by atoms with E-state index in [1.165, 1.54) is 23.0 Å². The summed E-state index contributed by atoms with van der Waals surface area (Å²) in [4.78, 5) is 49.9. The minimum atomic E-state index is -4.00. The summed E-state index contributed by atoms with van der Waals surface area (Å²) in [5, 5.41) is 15.3. The van der Waals surface area contributed by atoms with E-state index >= 15 is 0 Å². The Hall–Kier alpha value is -4.96. The van der Waals surface area contributed by atoms with Gasteiger partial charge < -0.3 is 14.6 Å². The van der Waals surface area contributed by atoms with Crippen molar-refractivity contribution in [2.24, 2.45) is 7.05 Å². The Morgan fingerprint density at radius 3 is 2.10 bits per heavy atom. The molecule has 0 atom stereocenters. The third kappa shape index (κ3) is 8.91. The van der Waals surface area contributed by atoms with Crippen LogP contribution < -0.4 is 9.62 Å². The largest absolute Gasteiger partial charge is 0.465 e. The van der Waals surface area contributed by atoms with Gasteiger partial charge in [0.15, 0.2) is 5.82 Å². The molecule has 0 unspecified atom stereocenters. The Kier molecular flexibility index (Phi) is 10.7. The number of anilines is 2. The highest BCUT2D eigenvalue weighted by molar-refractivity contribution is 7.92. The summed E-state index contributed by atoms with van der Waals surface area (Å²) in [6, 6.07) is 11.9. The normalized spacial score (nSPS) is 16.6. The van der Waals surface area contributed by atoms with Crippen LogP contribution in [0.4, 0.5) is 26.1 Å². The quantitative estimate of drug-likeness (QED) is 0.191. The summed E-state index contributed by atoms with van der Waals surface area (Å²) in [6.45, 7) is 10.2. The Morgan fingerprint density at radius 1 is 0.923 bits per heavy atom. The number of hydrogen-bond donors (Lipinski definition) is 2. The summed E-state index contributed by atoms with van der Waals surface area (Å²) in [5.41, 5.74) is 0.0775. The number of carbonyl (C=O) groups is 3. The van der Waals surface area contributed by atoms with Crippen molar-refractivity contribution >= 4 is 62.6 Å². The van der Waals surface area contributed by atoms with Crippen LogP contribution >= 0.6 is 11.6 Å². The lowest BCUT2D eigenvalue weighted by atomic mass is 9.89. The number of nitrogens with zero attached hydrogens (tertiary/aromatic N) is 6. The topological polar surface area (TPSA) is 186 Å². The van der Waals surface area contributed by atoms with E-state index in [-0.39, 0.29) is 21.7 Å². The molecule has 3 amide bonds. The zero-order valence-electron chi connectivity index (χ0n) is 30.0. The Bertz CT molecular complexity index is 2070. The zero-order chi connectivity index (χ0) is 38.2. The average molecular weight is 756 g/mol. The third-order valence-electron chi connectivity index (χ3n) is 8.11. The first kappa shape index (κ1) is 38.3. The van der Waals surface area contributed by atoms with Crippen molar-refractivity contribution in [3.63, 3.8) is 0 Å². The number of rotatable bonds is 7. The van der Waals surface area contributed by atoms with E-state index in [0.29, 0.717) is 47.8 Å². The van der Waals surface area contributed by atoms with E-state index in [4.69, 9.17) is 21.1 Å². The molecule has 0 radical (unpaired) electrons. The molecule has 1 aliphatic carbocycles. The lowest BCUT2D eigenvalue weighted by molar-refractivity contribution is -0.0112.